The number of hydrogen-bond acceptors (Lipinski definition) is 17. The molecule has 4 rings (SSSR count). The lowest BCUT2D eigenvalue weighted by Gasteiger charge is -2.46. The Morgan fingerprint density at radius 3 is 1.46 bits per heavy atom. The Bertz CT molecular complexity index is 731. The summed E-state index contributed by atoms with van der Waals surface area (Å²) in [6.07, 6.45) is -24.7. The van der Waals surface area contributed by atoms with Crippen LogP contribution < -0.4 is 0 Å². The molecular weight excluding hydrogens is 512 g/mol. The maximum Gasteiger partial charge on any atom is 0.186 e. The Balaban J connectivity index is 1.48. The minimum Gasteiger partial charge on any atom is -0.388 e. The van der Waals surface area contributed by atoms with Crippen LogP contribution >= 0.6 is 0 Å². The predicted octanol–water partition coefficient (Wildman–Crippen LogP) is -7.19. The van der Waals surface area contributed by atoms with Gasteiger partial charge < -0.3 is 84.2 Å². The van der Waals surface area contributed by atoms with Crippen molar-refractivity contribution in [3.05, 3.63) is 0 Å². The highest BCUT2D eigenvalue weighted by atomic mass is 16.8. The molecule has 0 aromatic heterocycles. The molecule has 4 aliphatic heterocycles. The van der Waals surface area contributed by atoms with E-state index in [4.69, 9.17) is 33.2 Å². The normalized spacial score (nSPS) is 53.7. The molecule has 4 saturated heterocycles. The second kappa shape index (κ2) is 12.2. The SMILES string of the molecule is O[C@@H]1[C@@H](O)[C@H](O[C@@H]2[C@@H](O)[C@H](O[C@@H]3CO[C@@H](O)[C@H](O)[C@H]3O)OC[C@H]2O[C@@H]2OC[C@@H](O)[C@H](O)[C@H]2O)OC[C@H]1O. The Kier molecular flexibility index (Phi) is 9.69. The first-order valence-corrected chi connectivity index (χ1v) is 11.7. The van der Waals surface area contributed by atoms with E-state index in [2.05, 4.69) is 0 Å². The highest BCUT2D eigenvalue weighted by Gasteiger charge is 2.50. The lowest BCUT2D eigenvalue weighted by molar-refractivity contribution is -0.371. The second-order valence-corrected chi connectivity index (χ2v) is 9.35. The standard InChI is InChI=1S/C20H34O17/c21-5-1-32-18(13(27)9(5)23)36-8-4-34-20(35-7-3-31-17(30)12(26)11(7)25)15(29)16(8)37-19-14(28)10(24)6(22)2-33-19/h5-30H,1-4H2/t5-,6-,7-,8-,9+,10+,11+,12-,13-,14-,15-,16+,17-,18+,19+,20+/m1/s1. The second-order valence-electron chi connectivity index (χ2n) is 9.35. The molecule has 0 aromatic rings. The van der Waals surface area contributed by atoms with Crippen molar-refractivity contribution in [2.24, 2.45) is 0 Å². The van der Waals surface area contributed by atoms with Crippen molar-refractivity contribution in [3.8, 4) is 0 Å². The fourth-order valence-corrected chi connectivity index (χ4v) is 4.36. The lowest BCUT2D eigenvalue weighted by Crippen LogP contribution is -2.64. The molecule has 17 heteroatoms. The zero-order valence-electron chi connectivity index (χ0n) is 19.4. The monoisotopic (exact) mass is 546 g/mol. The predicted molar refractivity (Wildman–Crippen MR) is 110 cm³/mol. The largest absolute Gasteiger partial charge is 0.388 e. The number of aliphatic hydroxyl groups is 10. The van der Waals surface area contributed by atoms with Crippen LogP contribution in [0.2, 0.25) is 0 Å². The van der Waals surface area contributed by atoms with E-state index in [9.17, 15) is 51.1 Å². The summed E-state index contributed by atoms with van der Waals surface area (Å²) in [6.45, 7) is -1.55. The smallest absolute Gasteiger partial charge is 0.186 e. The molecule has 4 fully saturated rings. The minimum absolute atomic E-state index is 0.367. The molecule has 0 aromatic carbocycles. The van der Waals surface area contributed by atoms with Crippen molar-refractivity contribution >= 4 is 0 Å². The number of aliphatic hydroxyl groups excluding tert-OH is 10. The lowest BCUT2D eigenvalue weighted by atomic mass is 10.0. The van der Waals surface area contributed by atoms with Gasteiger partial charge in [0.05, 0.1) is 26.4 Å². The average molecular weight is 546 g/mol. The van der Waals surface area contributed by atoms with Crippen LogP contribution in [0, 0.1) is 0 Å². The van der Waals surface area contributed by atoms with E-state index < -0.39 is 112 Å². The maximum absolute atomic E-state index is 11.0. The Hall–Kier alpha value is -0.680. The zero-order chi connectivity index (χ0) is 27.0. The third-order valence-electron chi connectivity index (χ3n) is 6.68. The van der Waals surface area contributed by atoms with E-state index in [1.54, 1.807) is 0 Å². The molecule has 0 aliphatic carbocycles. The summed E-state index contributed by atoms with van der Waals surface area (Å²) in [5.41, 5.74) is 0. The molecule has 0 saturated carbocycles. The van der Waals surface area contributed by atoms with Gasteiger partial charge in [-0.2, -0.15) is 0 Å². The molecule has 37 heavy (non-hydrogen) atoms. The van der Waals surface area contributed by atoms with Gasteiger partial charge in [-0.25, -0.2) is 0 Å². The molecule has 0 bridgehead atoms. The van der Waals surface area contributed by atoms with Gasteiger partial charge in [0.25, 0.3) is 0 Å². The van der Waals surface area contributed by atoms with Gasteiger partial charge in [0.2, 0.25) is 0 Å². The summed E-state index contributed by atoms with van der Waals surface area (Å²) in [7, 11) is 0. The van der Waals surface area contributed by atoms with E-state index in [-0.39, 0.29) is 13.2 Å². The number of rotatable bonds is 6. The summed E-state index contributed by atoms with van der Waals surface area (Å²) in [5, 5.41) is 100. The van der Waals surface area contributed by atoms with Crippen molar-refractivity contribution < 1.29 is 84.2 Å². The van der Waals surface area contributed by atoms with Crippen molar-refractivity contribution in [1.29, 1.82) is 0 Å². The van der Waals surface area contributed by atoms with E-state index in [1.807, 2.05) is 0 Å². The highest BCUT2D eigenvalue weighted by molar-refractivity contribution is 4.92. The minimum atomic E-state index is -1.74. The van der Waals surface area contributed by atoms with E-state index in [1.165, 1.54) is 0 Å². The topological polar surface area (TPSA) is 267 Å². The van der Waals surface area contributed by atoms with Gasteiger partial charge in [-0.1, -0.05) is 0 Å². The number of ether oxygens (including phenoxy) is 7. The van der Waals surface area contributed by atoms with Gasteiger partial charge in [-0.05, 0) is 0 Å². The van der Waals surface area contributed by atoms with Gasteiger partial charge in [0, 0.05) is 0 Å². The van der Waals surface area contributed by atoms with Gasteiger partial charge >= 0.3 is 0 Å². The molecule has 16 atom stereocenters. The van der Waals surface area contributed by atoms with Crippen molar-refractivity contribution in [3.63, 3.8) is 0 Å². The first-order chi connectivity index (χ1) is 17.5. The summed E-state index contributed by atoms with van der Waals surface area (Å²) in [6, 6.07) is 0. The fourth-order valence-electron chi connectivity index (χ4n) is 4.36. The van der Waals surface area contributed by atoms with Crippen LogP contribution in [0.4, 0.5) is 0 Å². The van der Waals surface area contributed by atoms with Crippen molar-refractivity contribution in [1.82, 2.24) is 0 Å². The van der Waals surface area contributed by atoms with Crippen LogP contribution in [0.3, 0.4) is 0 Å². The summed E-state index contributed by atoms with van der Waals surface area (Å²) in [4.78, 5) is 0. The van der Waals surface area contributed by atoms with Crippen LogP contribution in [-0.2, 0) is 33.2 Å². The molecule has 4 aliphatic rings. The third-order valence-corrected chi connectivity index (χ3v) is 6.68. The molecular formula is C20H34O17. The first kappa shape index (κ1) is 29.3. The Morgan fingerprint density at radius 1 is 0.405 bits per heavy atom. The van der Waals surface area contributed by atoms with Gasteiger partial charge in [0.15, 0.2) is 25.2 Å². The van der Waals surface area contributed by atoms with Crippen LogP contribution in [0.25, 0.3) is 0 Å². The van der Waals surface area contributed by atoms with Crippen LogP contribution in [0.5, 0.6) is 0 Å². The Morgan fingerprint density at radius 2 is 0.865 bits per heavy atom. The van der Waals surface area contributed by atoms with Crippen LogP contribution in [-0.4, -0.2) is 176 Å². The summed E-state index contributed by atoms with van der Waals surface area (Å²) in [5.74, 6) is 0. The molecule has 0 unspecified atom stereocenters. The maximum atomic E-state index is 11.0. The molecule has 0 radical (unpaired) electrons. The average Bonchev–Trinajstić information content (AvgIpc) is 2.87. The third kappa shape index (κ3) is 6.23. The van der Waals surface area contributed by atoms with Gasteiger partial charge in [-0.3, -0.25) is 0 Å². The van der Waals surface area contributed by atoms with Gasteiger partial charge in [-0.15, -0.1) is 0 Å². The highest BCUT2D eigenvalue weighted by Crippen LogP contribution is 2.30. The molecule has 0 spiro atoms. The molecule has 4 heterocycles. The van der Waals surface area contributed by atoms with Crippen molar-refractivity contribution in [2.75, 3.05) is 26.4 Å². The summed E-state index contributed by atoms with van der Waals surface area (Å²) < 4.78 is 37.8. The molecule has 10 N–H and O–H groups in total. The van der Waals surface area contributed by atoms with Crippen LogP contribution in [0.15, 0.2) is 0 Å². The zero-order valence-corrected chi connectivity index (χ0v) is 19.4. The molecule has 0 amide bonds. The Labute approximate surface area is 209 Å². The molecule has 17 nitrogen and oxygen atoms in total. The van der Waals surface area contributed by atoms with Gasteiger partial charge in [0.1, 0.15) is 73.2 Å². The first-order valence-electron chi connectivity index (χ1n) is 11.7. The fraction of sp³-hybridized carbons (Fsp3) is 1.00. The molecule has 216 valence electrons. The van der Waals surface area contributed by atoms with E-state index in [0.717, 1.165) is 0 Å². The van der Waals surface area contributed by atoms with Crippen molar-refractivity contribution in [2.45, 2.75) is 98.4 Å². The summed E-state index contributed by atoms with van der Waals surface area (Å²) >= 11 is 0. The number of hydrogen-bond donors (Lipinski definition) is 10. The quantitative estimate of drug-likeness (QED) is 0.148. The van der Waals surface area contributed by atoms with E-state index >= 15 is 0 Å². The van der Waals surface area contributed by atoms with Crippen LogP contribution in [0.1, 0.15) is 0 Å². The van der Waals surface area contributed by atoms with E-state index in [0.29, 0.717) is 0 Å².